The molecule has 0 amide bonds. The molecule has 12 heavy (non-hydrogen) atoms. The van der Waals surface area contributed by atoms with Gasteiger partial charge in [0.1, 0.15) is 0 Å². The Labute approximate surface area is 75.9 Å². The van der Waals surface area contributed by atoms with Gasteiger partial charge in [0, 0.05) is 6.54 Å². The Balaban J connectivity index is 2.04. The number of piperidine rings is 1. The Bertz CT molecular complexity index is 139. The van der Waals surface area contributed by atoms with E-state index in [0.29, 0.717) is 5.41 Å². The first-order valence-corrected chi connectivity index (χ1v) is 5.54. The van der Waals surface area contributed by atoms with Gasteiger partial charge in [0.2, 0.25) is 0 Å². The van der Waals surface area contributed by atoms with Crippen molar-refractivity contribution in [3.05, 3.63) is 0 Å². The van der Waals surface area contributed by atoms with Gasteiger partial charge in [-0.15, -0.1) is 0 Å². The second-order valence-corrected chi connectivity index (χ2v) is 4.79. The summed E-state index contributed by atoms with van der Waals surface area (Å²) in [7, 11) is 0. The lowest BCUT2D eigenvalue weighted by atomic mass is 9.64. The Hall–Kier alpha value is -0.0400. The maximum Gasteiger partial charge on any atom is 0.00104 e. The molecular weight excluding hydrogens is 146 g/mol. The molecule has 0 aromatic heterocycles. The summed E-state index contributed by atoms with van der Waals surface area (Å²) in [5.41, 5.74) is 0.705. The van der Waals surface area contributed by atoms with Crippen LogP contribution in [-0.4, -0.2) is 13.1 Å². The molecule has 0 unspecified atom stereocenters. The van der Waals surface area contributed by atoms with Gasteiger partial charge in [-0.1, -0.05) is 26.2 Å². The maximum absolute atomic E-state index is 3.58. The van der Waals surface area contributed by atoms with Crippen LogP contribution >= 0.6 is 0 Å². The number of rotatable bonds is 0. The van der Waals surface area contributed by atoms with Crippen LogP contribution in [0.4, 0.5) is 0 Å². The minimum absolute atomic E-state index is 0.705. The molecule has 2 fully saturated rings. The van der Waals surface area contributed by atoms with Gasteiger partial charge in [0.05, 0.1) is 0 Å². The predicted octanol–water partition coefficient (Wildman–Crippen LogP) is 2.57. The van der Waals surface area contributed by atoms with Crippen molar-refractivity contribution in [2.24, 2.45) is 11.3 Å². The molecule has 1 aliphatic carbocycles. The van der Waals surface area contributed by atoms with Crippen molar-refractivity contribution in [2.75, 3.05) is 13.1 Å². The van der Waals surface area contributed by atoms with Gasteiger partial charge in [-0.05, 0) is 37.1 Å². The lowest BCUT2D eigenvalue weighted by Gasteiger charge is -2.45. The zero-order valence-corrected chi connectivity index (χ0v) is 8.23. The van der Waals surface area contributed by atoms with Crippen molar-refractivity contribution in [3.8, 4) is 0 Å². The number of hydrogen-bond acceptors (Lipinski definition) is 1. The maximum atomic E-state index is 3.58. The van der Waals surface area contributed by atoms with Gasteiger partial charge in [-0.25, -0.2) is 0 Å². The van der Waals surface area contributed by atoms with Crippen molar-refractivity contribution < 1.29 is 0 Å². The van der Waals surface area contributed by atoms with Crippen LogP contribution in [-0.2, 0) is 0 Å². The second kappa shape index (κ2) is 3.37. The van der Waals surface area contributed by atoms with E-state index < -0.39 is 0 Å². The normalized spacial score (nSPS) is 35.2. The van der Waals surface area contributed by atoms with Crippen LogP contribution in [0.15, 0.2) is 0 Å². The molecule has 1 N–H and O–H groups in total. The molecule has 1 heterocycles. The van der Waals surface area contributed by atoms with Crippen molar-refractivity contribution in [2.45, 2.75) is 45.4 Å². The zero-order valence-electron chi connectivity index (χ0n) is 8.23. The summed E-state index contributed by atoms with van der Waals surface area (Å²) in [6.45, 7) is 5.02. The fraction of sp³-hybridized carbons (Fsp3) is 1.00. The Kier molecular flexibility index (Phi) is 2.40. The van der Waals surface area contributed by atoms with E-state index in [1.54, 1.807) is 0 Å². The van der Waals surface area contributed by atoms with Crippen molar-refractivity contribution in [1.82, 2.24) is 5.32 Å². The summed E-state index contributed by atoms with van der Waals surface area (Å²) in [6.07, 6.45) is 8.81. The van der Waals surface area contributed by atoms with Crippen LogP contribution in [0.2, 0.25) is 0 Å². The van der Waals surface area contributed by atoms with Gasteiger partial charge in [0.15, 0.2) is 0 Å². The van der Waals surface area contributed by atoms with Gasteiger partial charge >= 0.3 is 0 Å². The van der Waals surface area contributed by atoms with Crippen LogP contribution < -0.4 is 5.32 Å². The zero-order chi connectivity index (χ0) is 8.44. The average molecular weight is 167 g/mol. The smallest absolute Gasteiger partial charge is 0.00104 e. The molecule has 1 saturated carbocycles. The van der Waals surface area contributed by atoms with Crippen molar-refractivity contribution in [1.29, 1.82) is 0 Å². The first-order chi connectivity index (χ1) is 5.83. The fourth-order valence-electron chi connectivity index (χ4n) is 3.06. The predicted molar refractivity (Wildman–Crippen MR) is 52.2 cm³/mol. The highest BCUT2D eigenvalue weighted by molar-refractivity contribution is 4.91. The van der Waals surface area contributed by atoms with Crippen LogP contribution in [0.3, 0.4) is 0 Å². The summed E-state index contributed by atoms with van der Waals surface area (Å²) in [5.74, 6) is 0.971. The quantitative estimate of drug-likeness (QED) is 0.584. The van der Waals surface area contributed by atoms with E-state index in [4.69, 9.17) is 0 Å². The molecule has 1 heteroatoms. The molecular formula is C11H21N. The van der Waals surface area contributed by atoms with E-state index in [1.165, 1.54) is 51.6 Å². The fourth-order valence-corrected chi connectivity index (χ4v) is 3.06. The number of nitrogens with one attached hydrogen (secondary N) is 1. The van der Waals surface area contributed by atoms with Crippen molar-refractivity contribution >= 4 is 0 Å². The minimum atomic E-state index is 0.705. The molecule has 0 aromatic rings. The van der Waals surface area contributed by atoms with Gasteiger partial charge in [0.25, 0.3) is 0 Å². The number of hydrogen-bond donors (Lipinski definition) is 1. The lowest BCUT2D eigenvalue weighted by Crippen LogP contribution is -2.46. The van der Waals surface area contributed by atoms with Gasteiger partial charge in [-0.3, -0.25) is 0 Å². The summed E-state index contributed by atoms with van der Waals surface area (Å²) in [6, 6.07) is 0. The summed E-state index contributed by atoms with van der Waals surface area (Å²) in [5, 5.41) is 3.58. The summed E-state index contributed by atoms with van der Waals surface area (Å²) >= 11 is 0. The van der Waals surface area contributed by atoms with Crippen LogP contribution in [0, 0.1) is 11.3 Å². The molecule has 1 nitrogen and oxygen atoms in total. The molecule has 0 radical (unpaired) electrons. The molecule has 2 rings (SSSR count). The molecule has 1 spiro atoms. The standard InChI is InChI=1S/C11H21N/c1-10-5-8-12-9-11(10)6-3-2-4-7-11/h10,12H,2-9H2,1H3/t10-/m1/s1. The van der Waals surface area contributed by atoms with E-state index >= 15 is 0 Å². The highest BCUT2D eigenvalue weighted by atomic mass is 14.9. The first-order valence-electron chi connectivity index (χ1n) is 5.54. The van der Waals surface area contributed by atoms with E-state index in [1.807, 2.05) is 0 Å². The SMILES string of the molecule is C[C@@H]1CCNCC12CCCCC2. The van der Waals surface area contributed by atoms with Gasteiger partial charge < -0.3 is 5.32 Å². The first kappa shape index (κ1) is 8.55. The molecule has 70 valence electrons. The molecule has 0 aromatic carbocycles. The Morgan fingerprint density at radius 2 is 1.92 bits per heavy atom. The highest BCUT2D eigenvalue weighted by Crippen LogP contribution is 2.44. The van der Waals surface area contributed by atoms with Crippen LogP contribution in [0.5, 0.6) is 0 Å². The van der Waals surface area contributed by atoms with Crippen LogP contribution in [0.1, 0.15) is 45.4 Å². The molecule has 1 aliphatic heterocycles. The van der Waals surface area contributed by atoms with Crippen molar-refractivity contribution in [3.63, 3.8) is 0 Å². The summed E-state index contributed by atoms with van der Waals surface area (Å²) < 4.78 is 0. The van der Waals surface area contributed by atoms with Crippen LogP contribution in [0.25, 0.3) is 0 Å². The van der Waals surface area contributed by atoms with E-state index in [0.717, 1.165) is 5.92 Å². The monoisotopic (exact) mass is 167 g/mol. The van der Waals surface area contributed by atoms with E-state index in [2.05, 4.69) is 12.2 Å². The highest BCUT2D eigenvalue weighted by Gasteiger charge is 2.38. The second-order valence-electron chi connectivity index (χ2n) is 4.79. The molecule has 0 bridgehead atoms. The summed E-state index contributed by atoms with van der Waals surface area (Å²) in [4.78, 5) is 0. The minimum Gasteiger partial charge on any atom is -0.316 e. The third kappa shape index (κ3) is 1.39. The molecule has 2 aliphatic rings. The lowest BCUT2D eigenvalue weighted by molar-refractivity contribution is 0.0747. The third-order valence-electron chi connectivity index (χ3n) is 4.13. The third-order valence-corrected chi connectivity index (χ3v) is 4.13. The van der Waals surface area contributed by atoms with Gasteiger partial charge in [-0.2, -0.15) is 0 Å². The van der Waals surface area contributed by atoms with E-state index in [-0.39, 0.29) is 0 Å². The Morgan fingerprint density at radius 1 is 1.17 bits per heavy atom. The molecule has 1 atom stereocenters. The Morgan fingerprint density at radius 3 is 2.58 bits per heavy atom. The molecule has 1 saturated heterocycles. The topological polar surface area (TPSA) is 12.0 Å². The largest absolute Gasteiger partial charge is 0.316 e. The average Bonchev–Trinajstić information content (AvgIpc) is 2.12. The van der Waals surface area contributed by atoms with E-state index in [9.17, 15) is 0 Å².